The summed E-state index contributed by atoms with van der Waals surface area (Å²) in [7, 11) is 0. The van der Waals surface area contributed by atoms with Gasteiger partial charge >= 0.3 is 5.97 Å². The molecule has 0 heterocycles. The zero-order valence-corrected chi connectivity index (χ0v) is 12.4. The maximum absolute atomic E-state index is 11.7. The first-order valence-corrected chi connectivity index (χ1v) is 6.81. The fraction of sp³-hybridized carbons (Fsp3) is 0.385. The van der Waals surface area contributed by atoms with Crippen LogP contribution in [-0.4, -0.2) is 30.2 Å². The van der Waals surface area contributed by atoms with Gasteiger partial charge in [0, 0.05) is 6.61 Å². The summed E-state index contributed by atoms with van der Waals surface area (Å²) in [5, 5.41) is 11.6. The molecule has 0 saturated heterocycles. The smallest absolute Gasteiger partial charge is 0.335 e. The predicted octanol–water partition coefficient (Wildman–Crippen LogP) is 3.45. The number of halogens is 2. The van der Waals surface area contributed by atoms with Crippen molar-refractivity contribution < 1.29 is 19.4 Å². The molecule has 0 spiro atoms. The normalized spacial score (nSPS) is 10.3. The Bertz CT molecular complexity index is 482. The van der Waals surface area contributed by atoms with Gasteiger partial charge in [-0.05, 0) is 18.6 Å². The molecule has 5 nitrogen and oxygen atoms in total. The van der Waals surface area contributed by atoms with E-state index in [0.717, 1.165) is 6.42 Å². The van der Waals surface area contributed by atoms with Crippen molar-refractivity contribution in [3.05, 3.63) is 27.7 Å². The fourth-order valence-corrected chi connectivity index (χ4v) is 2.01. The van der Waals surface area contributed by atoms with Crippen molar-refractivity contribution in [3.63, 3.8) is 0 Å². The van der Waals surface area contributed by atoms with Crippen LogP contribution in [0.2, 0.25) is 10.0 Å². The molecule has 0 bridgehead atoms. The van der Waals surface area contributed by atoms with E-state index in [9.17, 15) is 9.59 Å². The topological polar surface area (TPSA) is 75.6 Å². The molecule has 0 atom stereocenters. The third kappa shape index (κ3) is 5.00. The molecular weight excluding hydrogens is 305 g/mol. The second-order valence-corrected chi connectivity index (χ2v) is 4.84. The van der Waals surface area contributed by atoms with Crippen molar-refractivity contribution in [2.45, 2.75) is 19.8 Å². The molecule has 0 fully saturated rings. The van der Waals surface area contributed by atoms with Gasteiger partial charge in [-0.2, -0.15) is 0 Å². The average molecular weight is 320 g/mol. The number of aromatic carboxylic acids is 1. The first-order valence-electron chi connectivity index (χ1n) is 6.05. The fourth-order valence-electron chi connectivity index (χ4n) is 1.43. The average Bonchev–Trinajstić information content (AvgIpc) is 2.38. The van der Waals surface area contributed by atoms with Crippen LogP contribution in [0.3, 0.4) is 0 Å². The van der Waals surface area contributed by atoms with Crippen molar-refractivity contribution in [1.29, 1.82) is 0 Å². The number of benzene rings is 1. The van der Waals surface area contributed by atoms with E-state index >= 15 is 0 Å². The highest BCUT2D eigenvalue weighted by Gasteiger charge is 2.14. The molecule has 0 unspecified atom stereocenters. The molecule has 2 N–H and O–H groups in total. The Kier molecular flexibility index (Phi) is 6.78. The van der Waals surface area contributed by atoms with E-state index in [2.05, 4.69) is 5.32 Å². The molecule has 0 saturated carbocycles. The van der Waals surface area contributed by atoms with Crippen LogP contribution in [0.4, 0.5) is 5.69 Å². The minimum Gasteiger partial charge on any atom is -0.478 e. The second kappa shape index (κ2) is 8.09. The standard InChI is InChI=1S/C13H15Cl2NO4/c1-2-4-20-5-3-11(17)16-12-9(14)6-8(13(18)19)7-10(12)15/h6-7H,2-5H2,1H3,(H,16,17)(H,18,19). The lowest BCUT2D eigenvalue weighted by molar-refractivity contribution is -0.117. The predicted molar refractivity (Wildman–Crippen MR) is 77.8 cm³/mol. The van der Waals surface area contributed by atoms with Crippen LogP contribution >= 0.6 is 23.2 Å². The van der Waals surface area contributed by atoms with Crippen molar-refractivity contribution in [3.8, 4) is 0 Å². The summed E-state index contributed by atoms with van der Waals surface area (Å²) < 4.78 is 5.20. The second-order valence-electron chi connectivity index (χ2n) is 4.03. The monoisotopic (exact) mass is 319 g/mol. The van der Waals surface area contributed by atoms with Gasteiger partial charge in [-0.3, -0.25) is 4.79 Å². The zero-order chi connectivity index (χ0) is 15.1. The highest BCUT2D eigenvalue weighted by Crippen LogP contribution is 2.32. The number of nitrogens with one attached hydrogen (secondary N) is 1. The summed E-state index contributed by atoms with van der Waals surface area (Å²) in [6.07, 6.45) is 1.06. The van der Waals surface area contributed by atoms with Gasteiger partial charge in [0.25, 0.3) is 0 Å². The number of hydrogen-bond donors (Lipinski definition) is 2. The first-order chi connectivity index (χ1) is 9.45. The Labute approximate surface area is 126 Å². The number of amides is 1. The zero-order valence-electron chi connectivity index (χ0n) is 10.9. The Morgan fingerprint density at radius 3 is 2.35 bits per heavy atom. The number of carboxylic acids is 1. The lowest BCUT2D eigenvalue weighted by Gasteiger charge is -2.10. The summed E-state index contributed by atoms with van der Waals surface area (Å²) in [6.45, 7) is 2.88. The summed E-state index contributed by atoms with van der Waals surface area (Å²) in [6, 6.07) is 2.47. The number of carbonyl (C=O) groups excluding carboxylic acids is 1. The van der Waals surface area contributed by atoms with Crippen LogP contribution in [0.15, 0.2) is 12.1 Å². The van der Waals surface area contributed by atoms with Crippen LogP contribution in [0.5, 0.6) is 0 Å². The summed E-state index contributed by atoms with van der Waals surface area (Å²) in [4.78, 5) is 22.5. The molecule has 1 rings (SSSR count). The lowest BCUT2D eigenvalue weighted by Crippen LogP contribution is -2.15. The van der Waals surface area contributed by atoms with Gasteiger partial charge in [-0.25, -0.2) is 4.79 Å². The van der Waals surface area contributed by atoms with Gasteiger partial charge in [0.2, 0.25) is 5.91 Å². The summed E-state index contributed by atoms with van der Waals surface area (Å²) in [5.74, 6) is -1.44. The van der Waals surface area contributed by atoms with Crippen molar-refractivity contribution in [2.24, 2.45) is 0 Å². The van der Waals surface area contributed by atoms with Gasteiger partial charge in [0.15, 0.2) is 0 Å². The number of ether oxygens (including phenoxy) is 1. The molecular formula is C13H15Cl2NO4. The third-order valence-corrected chi connectivity index (χ3v) is 2.97. The minimum atomic E-state index is -1.14. The van der Waals surface area contributed by atoms with Crippen LogP contribution in [0, 0.1) is 0 Å². The number of anilines is 1. The largest absolute Gasteiger partial charge is 0.478 e. The van der Waals surface area contributed by atoms with Gasteiger partial charge in [0.1, 0.15) is 0 Å². The van der Waals surface area contributed by atoms with Crippen molar-refractivity contribution >= 4 is 40.8 Å². The van der Waals surface area contributed by atoms with E-state index in [1.807, 2.05) is 6.92 Å². The summed E-state index contributed by atoms with van der Waals surface area (Å²) >= 11 is 11.8. The van der Waals surface area contributed by atoms with Crippen LogP contribution in [0.1, 0.15) is 30.1 Å². The third-order valence-electron chi connectivity index (χ3n) is 2.38. The molecule has 1 aromatic rings. The van der Waals surface area contributed by atoms with Gasteiger partial charge < -0.3 is 15.2 Å². The van der Waals surface area contributed by atoms with E-state index in [1.165, 1.54) is 12.1 Å². The molecule has 7 heteroatoms. The van der Waals surface area contributed by atoms with Gasteiger partial charge in [0.05, 0.1) is 34.3 Å². The highest BCUT2D eigenvalue weighted by molar-refractivity contribution is 6.40. The number of rotatable bonds is 7. The summed E-state index contributed by atoms with van der Waals surface area (Å²) in [5.41, 5.74) is 0.170. The SMILES string of the molecule is CCCOCCC(=O)Nc1c(Cl)cc(C(=O)O)cc1Cl. The van der Waals surface area contributed by atoms with Gasteiger partial charge in [-0.1, -0.05) is 30.1 Å². The van der Waals surface area contributed by atoms with Crippen LogP contribution in [0.25, 0.3) is 0 Å². The highest BCUT2D eigenvalue weighted by atomic mass is 35.5. The van der Waals surface area contributed by atoms with E-state index in [4.69, 9.17) is 33.0 Å². The maximum atomic E-state index is 11.7. The molecule has 0 aliphatic carbocycles. The molecule has 0 aliphatic rings. The molecule has 1 amide bonds. The molecule has 20 heavy (non-hydrogen) atoms. The van der Waals surface area contributed by atoms with Gasteiger partial charge in [-0.15, -0.1) is 0 Å². The Morgan fingerprint density at radius 2 is 1.85 bits per heavy atom. The number of hydrogen-bond acceptors (Lipinski definition) is 3. The Morgan fingerprint density at radius 1 is 1.25 bits per heavy atom. The molecule has 1 aromatic carbocycles. The quantitative estimate of drug-likeness (QED) is 0.755. The van der Waals surface area contributed by atoms with E-state index in [1.54, 1.807) is 0 Å². The van der Waals surface area contributed by atoms with Crippen molar-refractivity contribution in [2.75, 3.05) is 18.5 Å². The minimum absolute atomic E-state index is 0.0377. The van der Waals surface area contributed by atoms with Crippen LogP contribution in [-0.2, 0) is 9.53 Å². The van der Waals surface area contributed by atoms with Crippen LogP contribution < -0.4 is 5.32 Å². The molecule has 0 aromatic heterocycles. The Hall–Kier alpha value is -1.30. The van der Waals surface area contributed by atoms with E-state index < -0.39 is 5.97 Å². The number of carboxylic acid groups (broad SMARTS) is 1. The van der Waals surface area contributed by atoms with E-state index in [0.29, 0.717) is 13.2 Å². The van der Waals surface area contributed by atoms with E-state index in [-0.39, 0.29) is 33.6 Å². The lowest BCUT2D eigenvalue weighted by atomic mass is 10.2. The maximum Gasteiger partial charge on any atom is 0.335 e. The Balaban J connectivity index is 2.68. The first kappa shape index (κ1) is 16.8. The van der Waals surface area contributed by atoms with Crippen molar-refractivity contribution in [1.82, 2.24) is 0 Å². The molecule has 110 valence electrons. The number of carbonyl (C=O) groups is 2. The molecule has 0 radical (unpaired) electrons. The molecule has 0 aliphatic heterocycles.